The van der Waals surface area contributed by atoms with Gasteiger partial charge in [-0.25, -0.2) is 4.98 Å². The largest absolute Gasteiger partial charge is 0.394 e. The van der Waals surface area contributed by atoms with Crippen LogP contribution in [0.5, 0.6) is 0 Å². The van der Waals surface area contributed by atoms with Crippen LogP contribution in [0.2, 0.25) is 0 Å². The van der Waals surface area contributed by atoms with Gasteiger partial charge in [0.05, 0.1) is 32.0 Å². The Morgan fingerprint density at radius 3 is 3.18 bits per heavy atom. The summed E-state index contributed by atoms with van der Waals surface area (Å²) < 4.78 is 5.32. The van der Waals surface area contributed by atoms with E-state index in [2.05, 4.69) is 4.98 Å². The maximum Gasteiger partial charge on any atom is 0.129 e. The lowest BCUT2D eigenvalue weighted by Crippen LogP contribution is -2.48. The average Bonchev–Trinajstić information content (AvgIpc) is 2.39. The van der Waals surface area contributed by atoms with Crippen LogP contribution in [0.25, 0.3) is 0 Å². The molecule has 1 unspecified atom stereocenters. The fourth-order valence-electron chi connectivity index (χ4n) is 1.96. The lowest BCUT2D eigenvalue weighted by Gasteiger charge is -2.35. The number of aliphatic hydroxyl groups excluding tert-OH is 2. The van der Waals surface area contributed by atoms with Crippen molar-refractivity contribution in [3.8, 4) is 0 Å². The van der Waals surface area contributed by atoms with Crippen molar-refractivity contribution in [3.05, 3.63) is 23.9 Å². The number of ether oxygens (including phenoxy) is 1. The standard InChI is InChI=1S/C12H18N2O3/c1-9(16)10-2-3-13-12(6-10)14-4-5-17-8-11(14)7-15/h2-3,6,9,11,15-16H,4-5,7-8H2,1H3/t9-,11?/m1/s1. The van der Waals surface area contributed by atoms with E-state index in [1.807, 2.05) is 11.0 Å². The van der Waals surface area contributed by atoms with Gasteiger partial charge in [-0.2, -0.15) is 0 Å². The first-order valence-electron chi connectivity index (χ1n) is 5.81. The number of hydrogen-bond donors (Lipinski definition) is 2. The van der Waals surface area contributed by atoms with E-state index in [-0.39, 0.29) is 12.6 Å². The van der Waals surface area contributed by atoms with Crippen molar-refractivity contribution in [1.29, 1.82) is 0 Å². The lowest BCUT2D eigenvalue weighted by atomic mass is 10.1. The van der Waals surface area contributed by atoms with Crippen molar-refractivity contribution in [2.24, 2.45) is 0 Å². The van der Waals surface area contributed by atoms with E-state index in [1.54, 1.807) is 19.2 Å². The summed E-state index contributed by atoms with van der Waals surface area (Å²) >= 11 is 0. The fraction of sp³-hybridized carbons (Fsp3) is 0.583. The molecule has 1 saturated heterocycles. The molecule has 1 aromatic heterocycles. The predicted molar refractivity (Wildman–Crippen MR) is 63.9 cm³/mol. The van der Waals surface area contributed by atoms with E-state index in [0.717, 1.165) is 11.4 Å². The van der Waals surface area contributed by atoms with Crippen LogP contribution in [-0.2, 0) is 4.74 Å². The van der Waals surface area contributed by atoms with E-state index in [1.165, 1.54) is 0 Å². The minimum atomic E-state index is -0.509. The average molecular weight is 238 g/mol. The quantitative estimate of drug-likeness (QED) is 0.794. The van der Waals surface area contributed by atoms with Crippen molar-refractivity contribution in [1.82, 2.24) is 4.98 Å². The minimum absolute atomic E-state index is 0.0422. The maximum atomic E-state index is 9.55. The molecule has 0 radical (unpaired) electrons. The van der Waals surface area contributed by atoms with Crippen LogP contribution in [0.3, 0.4) is 0 Å². The summed E-state index contributed by atoms with van der Waals surface area (Å²) in [4.78, 5) is 6.32. The number of aromatic nitrogens is 1. The van der Waals surface area contributed by atoms with Gasteiger partial charge in [-0.15, -0.1) is 0 Å². The van der Waals surface area contributed by atoms with Gasteiger partial charge in [0.15, 0.2) is 0 Å². The van der Waals surface area contributed by atoms with Crippen molar-refractivity contribution in [2.45, 2.75) is 19.1 Å². The van der Waals surface area contributed by atoms with Crippen LogP contribution >= 0.6 is 0 Å². The Bertz CT molecular complexity index is 371. The third-order valence-electron chi connectivity index (χ3n) is 2.98. The van der Waals surface area contributed by atoms with Crippen molar-refractivity contribution in [2.75, 3.05) is 31.3 Å². The number of anilines is 1. The molecule has 0 amide bonds. The number of hydrogen-bond acceptors (Lipinski definition) is 5. The Balaban J connectivity index is 2.22. The van der Waals surface area contributed by atoms with Gasteiger partial charge in [-0.1, -0.05) is 0 Å². The van der Waals surface area contributed by atoms with E-state index >= 15 is 0 Å². The van der Waals surface area contributed by atoms with Crippen LogP contribution in [0.4, 0.5) is 5.82 Å². The summed E-state index contributed by atoms with van der Waals surface area (Å²) in [6.45, 7) is 3.62. The zero-order chi connectivity index (χ0) is 12.3. The zero-order valence-corrected chi connectivity index (χ0v) is 9.91. The second kappa shape index (κ2) is 5.44. The summed E-state index contributed by atoms with van der Waals surface area (Å²) in [7, 11) is 0. The Morgan fingerprint density at radius 2 is 2.47 bits per heavy atom. The van der Waals surface area contributed by atoms with Gasteiger partial charge in [-0.05, 0) is 24.6 Å². The SMILES string of the molecule is C[C@@H](O)c1ccnc(N2CCOCC2CO)c1. The number of morpholine rings is 1. The number of nitrogens with zero attached hydrogens (tertiary/aromatic N) is 2. The van der Waals surface area contributed by atoms with Crippen LogP contribution in [0.15, 0.2) is 18.3 Å². The van der Waals surface area contributed by atoms with Crippen molar-refractivity contribution >= 4 is 5.82 Å². The van der Waals surface area contributed by atoms with Gasteiger partial charge in [0.25, 0.3) is 0 Å². The smallest absolute Gasteiger partial charge is 0.129 e. The Kier molecular flexibility index (Phi) is 3.93. The van der Waals surface area contributed by atoms with Gasteiger partial charge >= 0.3 is 0 Å². The first kappa shape index (κ1) is 12.3. The predicted octanol–water partition coefficient (Wildman–Crippen LogP) is 0.332. The summed E-state index contributed by atoms with van der Waals surface area (Å²) in [6, 6.07) is 3.60. The molecule has 1 aliphatic heterocycles. The molecule has 5 nitrogen and oxygen atoms in total. The highest BCUT2D eigenvalue weighted by atomic mass is 16.5. The molecule has 94 valence electrons. The lowest BCUT2D eigenvalue weighted by molar-refractivity contribution is 0.0722. The van der Waals surface area contributed by atoms with Gasteiger partial charge < -0.3 is 19.8 Å². The fourth-order valence-corrected chi connectivity index (χ4v) is 1.96. The Labute approximate surface area is 101 Å². The maximum absolute atomic E-state index is 9.55. The molecule has 2 N–H and O–H groups in total. The zero-order valence-electron chi connectivity index (χ0n) is 9.91. The van der Waals surface area contributed by atoms with Gasteiger partial charge in [0.2, 0.25) is 0 Å². The molecule has 2 heterocycles. The molecule has 1 fully saturated rings. The minimum Gasteiger partial charge on any atom is -0.394 e. The van der Waals surface area contributed by atoms with Crippen LogP contribution in [0, 0.1) is 0 Å². The molecule has 0 aromatic carbocycles. The highest BCUT2D eigenvalue weighted by Gasteiger charge is 2.23. The third kappa shape index (κ3) is 2.74. The van der Waals surface area contributed by atoms with Gasteiger partial charge in [0.1, 0.15) is 5.82 Å². The summed E-state index contributed by atoms with van der Waals surface area (Å²) in [5, 5.41) is 18.9. The van der Waals surface area contributed by atoms with E-state index in [0.29, 0.717) is 19.8 Å². The van der Waals surface area contributed by atoms with E-state index < -0.39 is 6.10 Å². The molecule has 0 saturated carbocycles. The number of pyridine rings is 1. The second-order valence-electron chi connectivity index (χ2n) is 4.23. The first-order valence-corrected chi connectivity index (χ1v) is 5.81. The molecule has 0 bridgehead atoms. The van der Waals surface area contributed by atoms with Crippen molar-refractivity contribution in [3.63, 3.8) is 0 Å². The molecule has 2 atom stereocenters. The first-order chi connectivity index (χ1) is 8.22. The molecule has 1 aliphatic rings. The van der Waals surface area contributed by atoms with Gasteiger partial charge in [-0.3, -0.25) is 0 Å². The second-order valence-corrected chi connectivity index (χ2v) is 4.23. The topological polar surface area (TPSA) is 65.8 Å². The van der Waals surface area contributed by atoms with Gasteiger partial charge in [0, 0.05) is 12.7 Å². The molecule has 0 aliphatic carbocycles. The Hall–Kier alpha value is -1.17. The van der Waals surface area contributed by atoms with E-state index in [4.69, 9.17) is 4.74 Å². The van der Waals surface area contributed by atoms with Crippen LogP contribution in [0.1, 0.15) is 18.6 Å². The van der Waals surface area contributed by atoms with E-state index in [9.17, 15) is 10.2 Å². The molecule has 0 spiro atoms. The third-order valence-corrected chi connectivity index (χ3v) is 2.98. The normalized spacial score (nSPS) is 22.5. The molecule has 1 aromatic rings. The molecule has 2 rings (SSSR count). The van der Waals surface area contributed by atoms with Crippen LogP contribution < -0.4 is 4.90 Å². The number of aliphatic hydroxyl groups is 2. The Morgan fingerprint density at radius 1 is 1.65 bits per heavy atom. The highest BCUT2D eigenvalue weighted by Crippen LogP contribution is 2.21. The number of rotatable bonds is 3. The molecule has 17 heavy (non-hydrogen) atoms. The summed E-state index contributed by atoms with van der Waals surface area (Å²) in [5.41, 5.74) is 0.832. The molecule has 5 heteroatoms. The summed E-state index contributed by atoms with van der Waals surface area (Å²) in [5.74, 6) is 0.783. The highest BCUT2D eigenvalue weighted by molar-refractivity contribution is 5.43. The monoisotopic (exact) mass is 238 g/mol. The van der Waals surface area contributed by atoms with Crippen LogP contribution in [-0.4, -0.2) is 47.6 Å². The summed E-state index contributed by atoms with van der Waals surface area (Å²) in [6.07, 6.45) is 1.17. The molecular formula is C12H18N2O3. The molecular weight excluding hydrogens is 220 g/mol. The van der Waals surface area contributed by atoms with Crippen molar-refractivity contribution < 1.29 is 14.9 Å².